The summed E-state index contributed by atoms with van der Waals surface area (Å²) in [6.07, 6.45) is 4.16. The minimum atomic E-state index is -0.353. The molecular weight excluding hydrogens is 350 g/mol. The highest BCUT2D eigenvalue weighted by Gasteiger charge is 2.39. The number of esters is 1. The number of thiophene rings is 1. The third-order valence-corrected chi connectivity index (χ3v) is 6.18. The molecule has 1 aromatic rings. The fraction of sp³-hybridized carbons (Fsp3) is 0.500. The summed E-state index contributed by atoms with van der Waals surface area (Å²) < 4.78 is 11.1. The first kappa shape index (κ1) is 17.5. The molecule has 2 atom stereocenters. The number of dihydropyridines is 1. The molecule has 0 aromatic carbocycles. The summed E-state index contributed by atoms with van der Waals surface area (Å²) >= 11 is 1.57. The number of ketones is 1. The molecule has 1 fully saturated rings. The number of Topliss-reactive ketones (excluding diaryl/α,β-unsaturated/α-hetero) is 1. The lowest BCUT2D eigenvalue weighted by atomic mass is 9.78. The van der Waals surface area contributed by atoms with Gasteiger partial charge in [0.2, 0.25) is 0 Å². The topological polar surface area (TPSA) is 64.6 Å². The van der Waals surface area contributed by atoms with Gasteiger partial charge in [-0.05, 0) is 44.1 Å². The Balaban J connectivity index is 1.64. The third kappa shape index (κ3) is 3.23. The second kappa shape index (κ2) is 7.37. The van der Waals surface area contributed by atoms with Crippen LogP contribution >= 0.6 is 11.3 Å². The highest BCUT2D eigenvalue weighted by atomic mass is 32.1. The van der Waals surface area contributed by atoms with E-state index in [0.717, 1.165) is 54.1 Å². The van der Waals surface area contributed by atoms with Gasteiger partial charge < -0.3 is 14.8 Å². The van der Waals surface area contributed by atoms with Crippen LogP contribution in [-0.2, 0) is 19.1 Å². The van der Waals surface area contributed by atoms with E-state index >= 15 is 0 Å². The number of hydrogen-bond acceptors (Lipinski definition) is 6. The second-order valence-electron chi connectivity index (χ2n) is 7.01. The predicted molar refractivity (Wildman–Crippen MR) is 98.7 cm³/mol. The zero-order valence-electron chi connectivity index (χ0n) is 14.9. The molecule has 4 rings (SSSR count). The van der Waals surface area contributed by atoms with Crippen molar-refractivity contribution < 1.29 is 19.1 Å². The monoisotopic (exact) mass is 373 g/mol. The molecule has 0 unspecified atom stereocenters. The highest BCUT2D eigenvalue weighted by Crippen LogP contribution is 2.43. The Morgan fingerprint density at radius 3 is 3.00 bits per heavy atom. The van der Waals surface area contributed by atoms with Crippen LogP contribution in [0.15, 0.2) is 40.1 Å². The van der Waals surface area contributed by atoms with E-state index in [1.165, 1.54) is 0 Å². The van der Waals surface area contributed by atoms with Gasteiger partial charge in [0.25, 0.3) is 0 Å². The number of nitrogens with one attached hydrogen (secondary N) is 1. The molecular formula is C20H23NO4S. The van der Waals surface area contributed by atoms with Crippen LogP contribution in [0.5, 0.6) is 0 Å². The smallest absolute Gasteiger partial charge is 0.336 e. The van der Waals surface area contributed by atoms with Gasteiger partial charge in [-0.2, -0.15) is 0 Å². The number of carbonyl (C=O) groups is 2. The van der Waals surface area contributed by atoms with E-state index in [1.54, 1.807) is 11.3 Å². The molecule has 26 heavy (non-hydrogen) atoms. The summed E-state index contributed by atoms with van der Waals surface area (Å²) in [5.74, 6) is -0.543. The highest BCUT2D eigenvalue weighted by molar-refractivity contribution is 7.10. The van der Waals surface area contributed by atoms with Crippen molar-refractivity contribution in [3.8, 4) is 0 Å². The van der Waals surface area contributed by atoms with Crippen molar-refractivity contribution in [2.75, 3.05) is 13.2 Å². The lowest BCUT2D eigenvalue weighted by Gasteiger charge is -2.33. The quantitative estimate of drug-likeness (QED) is 0.819. The van der Waals surface area contributed by atoms with Crippen molar-refractivity contribution in [2.24, 2.45) is 0 Å². The van der Waals surface area contributed by atoms with Gasteiger partial charge in [-0.25, -0.2) is 4.79 Å². The zero-order valence-corrected chi connectivity index (χ0v) is 15.7. The Labute approximate surface area is 157 Å². The lowest BCUT2D eigenvalue weighted by Crippen LogP contribution is -2.34. The van der Waals surface area contributed by atoms with E-state index in [0.29, 0.717) is 12.0 Å². The first-order valence-electron chi connectivity index (χ1n) is 9.21. The van der Waals surface area contributed by atoms with Crippen molar-refractivity contribution in [1.29, 1.82) is 0 Å². The fourth-order valence-corrected chi connectivity index (χ4v) is 4.86. The minimum Gasteiger partial charge on any atom is -0.459 e. The average molecular weight is 373 g/mol. The Morgan fingerprint density at radius 1 is 1.38 bits per heavy atom. The normalized spacial score (nSPS) is 26.0. The zero-order chi connectivity index (χ0) is 18.1. The largest absolute Gasteiger partial charge is 0.459 e. The van der Waals surface area contributed by atoms with Crippen LogP contribution in [0.4, 0.5) is 0 Å². The fourth-order valence-electron chi connectivity index (χ4n) is 4.02. The SMILES string of the molecule is CC1=C(C(=O)OC[C@@H]2CCCO2)[C@@H](c2cccs2)C2=C(CCCC2=O)N1. The van der Waals surface area contributed by atoms with Crippen LogP contribution in [0.25, 0.3) is 0 Å². The van der Waals surface area contributed by atoms with Gasteiger partial charge in [0, 0.05) is 34.9 Å². The van der Waals surface area contributed by atoms with Crippen LogP contribution in [0.3, 0.4) is 0 Å². The van der Waals surface area contributed by atoms with Gasteiger partial charge in [0.05, 0.1) is 17.6 Å². The van der Waals surface area contributed by atoms with E-state index in [1.807, 2.05) is 24.4 Å². The van der Waals surface area contributed by atoms with Crippen LogP contribution in [0, 0.1) is 0 Å². The minimum absolute atomic E-state index is 0.0114. The van der Waals surface area contributed by atoms with Crippen molar-refractivity contribution in [3.05, 3.63) is 44.9 Å². The van der Waals surface area contributed by atoms with Gasteiger partial charge in [-0.15, -0.1) is 11.3 Å². The molecule has 1 N–H and O–H groups in total. The molecule has 0 bridgehead atoms. The second-order valence-corrected chi connectivity index (χ2v) is 7.99. The van der Waals surface area contributed by atoms with E-state index in [2.05, 4.69) is 5.32 Å². The molecule has 0 saturated carbocycles. The number of allylic oxidation sites excluding steroid dienone is 3. The van der Waals surface area contributed by atoms with E-state index in [4.69, 9.17) is 9.47 Å². The maximum atomic E-state index is 12.9. The molecule has 0 spiro atoms. The van der Waals surface area contributed by atoms with Crippen LogP contribution < -0.4 is 5.32 Å². The van der Waals surface area contributed by atoms with E-state index < -0.39 is 0 Å². The molecule has 138 valence electrons. The van der Waals surface area contributed by atoms with Gasteiger partial charge in [-0.3, -0.25) is 4.79 Å². The summed E-state index contributed by atoms with van der Waals surface area (Å²) in [6, 6.07) is 3.95. The van der Waals surface area contributed by atoms with Gasteiger partial charge >= 0.3 is 5.97 Å². The molecule has 2 aliphatic heterocycles. The van der Waals surface area contributed by atoms with Crippen LogP contribution in [-0.4, -0.2) is 31.1 Å². The molecule has 6 heteroatoms. The predicted octanol–water partition coefficient (Wildman–Crippen LogP) is 3.44. The summed E-state index contributed by atoms with van der Waals surface area (Å²) in [4.78, 5) is 26.6. The van der Waals surface area contributed by atoms with Gasteiger partial charge in [0.15, 0.2) is 5.78 Å². The Bertz CT molecular complexity index is 772. The lowest BCUT2D eigenvalue weighted by molar-refractivity contribution is -0.142. The number of carbonyl (C=O) groups excluding carboxylic acids is 2. The van der Waals surface area contributed by atoms with Crippen LogP contribution in [0.2, 0.25) is 0 Å². The van der Waals surface area contributed by atoms with Crippen molar-refractivity contribution in [2.45, 2.75) is 51.0 Å². The van der Waals surface area contributed by atoms with Crippen LogP contribution in [0.1, 0.15) is 49.8 Å². The Kier molecular flexibility index (Phi) is 4.96. The molecule has 0 amide bonds. The maximum Gasteiger partial charge on any atom is 0.336 e. The molecule has 1 aromatic heterocycles. The Morgan fingerprint density at radius 2 is 2.27 bits per heavy atom. The first-order valence-corrected chi connectivity index (χ1v) is 10.1. The summed E-state index contributed by atoms with van der Waals surface area (Å²) in [7, 11) is 0. The summed E-state index contributed by atoms with van der Waals surface area (Å²) in [5.41, 5.74) is 3.05. The number of hydrogen-bond donors (Lipinski definition) is 1. The molecule has 5 nitrogen and oxygen atoms in total. The van der Waals surface area contributed by atoms with E-state index in [9.17, 15) is 9.59 Å². The molecule has 0 radical (unpaired) electrons. The maximum absolute atomic E-state index is 12.9. The molecule has 1 aliphatic carbocycles. The molecule has 1 saturated heterocycles. The average Bonchev–Trinajstić information content (AvgIpc) is 3.32. The van der Waals surface area contributed by atoms with E-state index in [-0.39, 0.29) is 30.4 Å². The molecule has 3 heterocycles. The number of rotatable bonds is 4. The van der Waals surface area contributed by atoms with Crippen molar-refractivity contribution in [3.63, 3.8) is 0 Å². The number of ether oxygens (including phenoxy) is 2. The van der Waals surface area contributed by atoms with Crippen molar-refractivity contribution >= 4 is 23.1 Å². The molecule has 3 aliphatic rings. The van der Waals surface area contributed by atoms with Gasteiger partial charge in [0.1, 0.15) is 6.61 Å². The van der Waals surface area contributed by atoms with Crippen molar-refractivity contribution in [1.82, 2.24) is 5.32 Å². The standard InChI is InChI=1S/C20H23NO4S/c1-12-17(20(23)25-11-13-5-3-9-24-13)19(16-8-4-10-26-16)18-14(21-12)6-2-7-15(18)22/h4,8,10,13,19,21H,2-3,5-7,9,11H2,1H3/t13-,19+/m0/s1. The van der Waals surface area contributed by atoms with Gasteiger partial charge in [-0.1, -0.05) is 6.07 Å². The summed E-state index contributed by atoms with van der Waals surface area (Å²) in [6.45, 7) is 2.90. The Hall–Kier alpha value is -1.92. The first-order chi connectivity index (χ1) is 12.6. The summed E-state index contributed by atoms with van der Waals surface area (Å²) in [5, 5.41) is 5.29. The third-order valence-electron chi connectivity index (χ3n) is 5.25.